The van der Waals surface area contributed by atoms with Crippen molar-refractivity contribution in [3.8, 4) is 5.75 Å². The highest BCUT2D eigenvalue weighted by Gasteiger charge is 2.29. The van der Waals surface area contributed by atoms with Crippen LogP contribution in [0, 0.1) is 0 Å². The fourth-order valence-electron chi connectivity index (χ4n) is 4.22. The molecule has 0 radical (unpaired) electrons. The third kappa shape index (κ3) is 5.75. The van der Waals surface area contributed by atoms with Gasteiger partial charge in [0.15, 0.2) is 0 Å². The van der Waals surface area contributed by atoms with Crippen LogP contribution in [-0.4, -0.2) is 39.9 Å². The summed E-state index contributed by atoms with van der Waals surface area (Å²) in [5, 5.41) is 2.79. The summed E-state index contributed by atoms with van der Waals surface area (Å²) in [5.41, 5.74) is 2.83. The van der Waals surface area contributed by atoms with Crippen LogP contribution in [0.25, 0.3) is 0 Å². The number of fused-ring (bicyclic) bond motifs is 1. The van der Waals surface area contributed by atoms with Crippen LogP contribution < -0.4 is 19.7 Å². The summed E-state index contributed by atoms with van der Waals surface area (Å²) in [5.74, 6) is 0.0814. The van der Waals surface area contributed by atoms with Gasteiger partial charge in [0.05, 0.1) is 12.0 Å². The zero-order valence-corrected chi connectivity index (χ0v) is 21.0. The molecular formula is C27H29N3O5S. The van der Waals surface area contributed by atoms with Gasteiger partial charge in [0.1, 0.15) is 11.8 Å². The lowest BCUT2D eigenvalue weighted by Crippen LogP contribution is -2.45. The number of carbonyl (C=O) groups excluding carboxylic acids is 2. The van der Waals surface area contributed by atoms with Crippen molar-refractivity contribution in [3.63, 3.8) is 0 Å². The maximum atomic E-state index is 13.4. The molecule has 1 heterocycles. The number of nitrogens with zero attached hydrogens (tertiary/aromatic N) is 1. The molecule has 3 aromatic rings. The number of benzene rings is 3. The number of methoxy groups -OCH3 is 1. The number of sulfonamides is 1. The van der Waals surface area contributed by atoms with E-state index in [0.717, 1.165) is 16.8 Å². The Morgan fingerprint density at radius 1 is 1.03 bits per heavy atom. The smallest absolute Gasteiger partial charge is 0.242 e. The Hall–Kier alpha value is -3.69. The number of anilines is 2. The molecule has 0 unspecified atom stereocenters. The van der Waals surface area contributed by atoms with Crippen LogP contribution in [0.5, 0.6) is 5.75 Å². The van der Waals surface area contributed by atoms with Gasteiger partial charge in [-0.2, -0.15) is 4.72 Å². The Balaban J connectivity index is 1.59. The van der Waals surface area contributed by atoms with Crippen LogP contribution in [0.1, 0.15) is 24.5 Å². The number of hydrogen-bond acceptors (Lipinski definition) is 5. The summed E-state index contributed by atoms with van der Waals surface area (Å²) in [6, 6.07) is 19.7. The Kier molecular flexibility index (Phi) is 7.71. The van der Waals surface area contributed by atoms with Gasteiger partial charge < -0.3 is 15.0 Å². The van der Waals surface area contributed by atoms with Crippen LogP contribution in [0.3, 0.4) is 0 Å². The number of amides is 2. The SMILES string of the molecule is CCC(=O)N1CCc2cc(S(=O)(=O)N[C@H](Cc3ccccc3)C(=O)Nc3cccc(OC)c3)ccc21. The lowest BCUT2D eigenvalue weighted by Gasteiger charge is -2.20. The molecule has 0 bridgehead atoms. The van der Waals surface area contributed by atoms with Crippen molar-refractivity contribution in [3.05, 3.63) is 83.9 Å². The van der Waals surface area contributed by atoms with E-state index in [4.69, 9.17) is 4.74 Å². The summed E-state index contributed by atoms with van der Waals surface area (Å²) in [6.45, 7) is 2.32. The molecule has 0 aromatic heterocycles. The van der Waals surface area contributed by atoms with E-state index in [1.54, 1.807) is 48.2 Å². The second-order valence-electron chi connectivity index (χ2n) is 8.52. The van der Waals surface area contributed by atoms with Gasteiger partial charge in [0.2, 0.25) is 21.8 Å². The van der Waals surface area contributed by atoms with Crippen molar-refractivity contribution in [2.75, 3.05) is 23.9 Å². The molecule has 188 valence electrons. The third-order valence-corrected chi connectivity index (χ3v) is 7.56. The van der Waals surface area contributed by atoms with Crippen molar-refractivity contribution in [2.24, 2.45) is 0 Å². The van der Waals surface area contributed by atoms with E-state index in [9.17, 15) is 18.0 Å². The number of ether oxygens (including phenoxy) is 1. The van der Waals surface area contributed by atoms with Gasteiger partial charge in [-0.05, 0) is 54.3 Å². The lowest BCUT2D eigenvalue weighted by atomic mass is 10.1. The number of hydrogen-bond donors (Lipinski definition) is 2. The Labute approximate surface area is 211 Å². The van der Waals surface area contributed by atoms with E-state index < -0.39 is 22.0 Å². The molecule has 9 heteroatoms. The van der Waals surface area contributed by atoms with Gasteiger partial charge in [-0.1, -0.05) is 43.3 Å². The standard InChI is InChI=1S/C27H29N3O5S/c1-3-26(31)30-15-14-20-17-23(12-13-25(20)30)36(33,34)29-24(16-19-8-5-4-6-9-19)27(32)28-21-10-7-11-22(18-21)35-2/h4-13,17-18,24,29H,3,14-16H2,1-2H3,(H,28,32)/t24-/m1/s1. The average molecular weight is 508 g/mol. The molecule has 0 fully saturated rings. The second kappa shape index (κ2) is 10.9. The molecule has 0 aliphatic carbocycles. The minimum atomic E-state index is -4.03. The molecule has 8 nitrogen and oxygen atoms in total. The molecule has 2 amide bonds. The molecule has 0 saturated heterocycles. The normalized spacial score (nSPS) is 13.7. The van der Waals surface area contributed by atoms with Crippen molar-refractivity contribution < 1.29 is 22.7 Å². The Morgan fingerprint density at radius 3 is 2.53 bits per heavy atom. The van der Waals surface area contributed by atoms with Gasteiger partial charge in [-0.15, -0.1) is 0 Å². The van der Waals surface area contributed by atoms with Crippen LogP contribution >= 0.6 is 0 Å². The average Bonchev–Trinajstić information content (AvgIpc) is 3.32. The summed E-state index contributed by atoms with van der Waals surface area (Å²) in [7, 11) is -2.50. The maximum absolute atomic E-state index is 13.4. The third-order valence-electron chi connectivity index (χ3n) is 6.09. The van der Waals surface area contributed by atoms with Gasteiger partial charge in [0, 0.05) is 30.4 Å². The van der Waals surface area contributed by atoms with Gasteiger partial charge >= 0.3 is 0 Å². The molecule has 4 rings (SSSR count). The predicted octanol–water partition coefficient (Wildman–Crippen LogP) is 3.52. The summed E-state index contributed by atoms with van der Waals surface area (Å²) in [4.78, 5) is 27.2. The van der Waals surface area contributed by atoms with Gasteiger partial charge in [-0.25, -0.2) is 8.42 Å². The molecule has 1 aliphatic rings. The fraction of sp³-hybridized carbons (Fsp3) is 0.259. The minimum absolute atomic E-state index is 0.000351. The highest BCUT2D eigenvalue weighted by atomic mass is 32.2. The first-order chi connectivity index (χ1) is 17.3. The zero-order chi connectivity index (χ0) is 25.7. The first kappa shape index (κ1) is 25.4. The topological polar surface area (TPSA) is 105 Å². The fourth-order valence-corrected chi connectivity index (χ4v) is 5.46. The zero-order valence-electron chi connectivity index (χ0n) is 20.2. The number of nitrogens with one attached hydrogen (secondary N) is 2. The minimum Gasteiger partial charge on any atom is -0.497 e. The van der Waals surface area contributed by atoms with Gasteiger partial charge in [0.25, 0.3) is 0 Å². The monoisotopic (exact) mass is 507 g/mol. The molecule has 1 aliphatic heterocycles. The highest BCUT2D eigenvalue weighted by Crippen LogP contribution is 2.31. The van der Waals surface area contributed by atoms with Crippen molar-refractivity contribution >= 4 is 33.2 Å². The molecular weight excluding hydrogens is 478 g/mol. The van der Waals surface area contributed by atoms with Crippen molar-refractivity contribution in [1.82, 2.24) is 4.72 Å². The number of carbonyl (C=O) groups is 2. The first-order valence-electron chi connectivity index (χ1n) is 11.7. The molecule has 3 aromatic carbocycles. The van der Waals surface area contributed by atoms with Crippen LogP contribution in [-0.2, 0) is 32.5 Å². The van der Waals surface area contributed by atoms with E-state index in [2.05, 4.69) is 10.0 Å². The summed E-state index contributed by atoms with van der Waals surface area (Å²) in [6.07, 6.45) is 1.12. The van der Waals surface area contributed by atoms with Crippen molar-refractivity contribution in [1.29, 1.82) is 0 Å². The molecule has 36 heavy (non-hydrogen) atoms. The Morgan fingerprint density at radius 2 is 1.81 bits per heavy atom. The van der Waals surface area contributed by atoms with Crippen molar-refractivity contribution in [2.45, 2.75) is 37.1 Å². The Bertz CT molecular complexity index is 1360. The molecule has 2 N–H and O–H groups in total. The molecule has 1 atom stereocenters. The maximum Gasteiger partial charge on any atom is 0.242 e. The summed E-state index contributed by atoms with van der Waals surface area (Å²) < 4.78 is 34.5. The van der Waals surface area contributed by atoms with Crippen LogP contribution in [0.4, 0.5) is 11.4 Å². The van der Waals surface area contributed by atoms with Gasteiger partial charge in [-0.3, -0.25) is 9.59 Å². The highest BCUT2D eigenvalue weighted by molar-refractivity contribution is 7.89. The van der Waals surface area contributed by atoms with E-state index in [0.29, 0.717) is 30.8 Å². The van der Waals surface area contributed by atoms with E-state index >= 15 is 0 Å². The van der Waals surface area contributed by atoms with E-state index in [1.165, 1.54) is 13.2 Å². The molecule has 0 spiro atoms. The number of rotatable bonds is 9. The summed E-state index contributed by atoms with van der Waals surface area (Å²) >= 11 is 0. The second-order valence-corrected chi connectivity index (χ2v) is 10.2. The predicted molar refractivity (Wildman–Crippen MR) is 139 cm³/mol. The largest absolute Gasteiger partial charge is 0.497 e. The lowest BCUT2D eigenvalue weighted by molar-refractivity contribution is -0.118. The van der Waals surface area contributed by atoms with Crippen LogP contribution in [0.2, 0.25) is 0 Å². The first-order valence-corrected chi connectivity index (χ1v) is 13.2. The quantitative estimate of drug-likeness (QED) is 0.461. The molecule has 0 saturated carbocycles. The van der Waals surface area contributed by atoms with E-state index in [1.807, 2.05) is 30.3 Å². The van der Waals surface area contributed by atoms with Crippen LogP contribution in [0.15, 0.2) is 77.7 Å². The van der Waals surface area contributed by atoms with E-state index in [-0.39, 0.29) is 17.2 Å².